The first-order valence-electron chi connectivity index (χ1n) is 8.13. The number of piperidine rings is 1. The number of aromatic nitrogens is 2. The molecule has 2 aromatic rings. The van der Waals surface area contributed by atoms with Gasteiger partial charge in [0.15, 0.2) is 5.11 Å². The van der Waals surface area contributed by atoms with Gasteiger partial charge < -0.3 is 19.5 Å². The highest BCUT2D eigenvalue weighted by atomic mass is 32.1. The molecule has 3 rings (SSSR count). The summed E-state index contributed by atoms with van der Waals surface area (Å²) in [5, 5.41) is 4.09. The van der Waals surface area contributed by atoms with E-state index in [-0.39, 0.29) is 0 Å². The van der Waals surface area contributed by atoms with E-state index < -0.39 is 0 Å². The third kappa shape index (κ3) is 3.48. The van der Waals surface area contributed by atoms with E-state index in [2.05, 4.69) is 40.0 Å². The number of likely N-dealkylation sites (tertiary alicyclic amines) is 1. The monoisotopic (exact) mass is 332 g/mol. The van der Waals surface area contributed by atoms with E-state index in [9.17, 15) is 0 Å². The Bertz CT molecular complexity index is 676. The molecule has 1 aromatic carbocycles. The zero-order valence-corrected chi connectivity index (χ0v) is 14.6. The Morgan fingerprint density at radius 2 is 2.09 bits per heavy atom. The van der Waals surface area contributed by atoms with E-state index in [1.165, 1.54) is 11.3 Å². The molecule has 0 spiro atoms. The summed E-state index contributed by atoms with van der Waals surface area (Å²) in [6.07, 6.45) is 2.17. The molecule has 0 saturated carbocycles. The van der Waals surface area contributed by atoms with Crippen LogP contribution in [0.4, 0.5) is 0 Å². The zero-order chi connectivity index (χ0) is 16.2. The highest BCUT2D eigenvalue weighted by molar-refractivity contribution is 7.80. The van der Waals surface area contributed by atoms with Crippen LogP contribution in [0.25, 0.3) is 11.0 Å². The number of benzene rings is 1. The first-order valence-corrected chi connectivity index (χ1v) is 8.54. The van der Waals surface area contributed by atoms with Crippen molar-refractivity contribution in [2.45, 2.75) is 18.8 Å². The van der Waals surface area contributed by atoms with Crippen LogP contribution in [0.3, 0.4) is 0 Å². The third-order valence-corrected chi connectivity index (χ3v) is 4.95. The summed E-state index contributed by atoms with van der Waals surface area (Å²) in [5.74, 6) is 1.70. The van der Waals surface area contributed by atoms with E-state index in [1.54, 1.807) is 7.11 Å². The molecule has 6 heteroatoms. The lowest BCUT2D eigenvalue weighted by Crippen LogP contribution is -2.44. The average Bonchev–Trinajstić information content (AvgIpc) is 2.92. The van der Waals surface area contributed by atoms with E-state index in [0.29, 0.717) is 12.5 Å². The van der Waals surface area contributed by atoms with Gasteiger partial charge in [-0.2, -0.15) is 0 Å². The predicted molar refractivity (Wildman–Crippen MR) is 96.7 cm³/mol. The van der Waals surface area contributed by atoms with Crippen molar-refractivity contribution in [2.24, 2.45) is 7.05 Å². The highest BCUT2D eigenvalue weighted by Crippen LogP contribution is 2.29. The normalized spacial score (nSPS) is 16.0. The number of hydrogen-bond donors (Lipinski definition) is 1. The Morgan fingerprint density at radius 1 is 1.35 bits per heavy atom. The van der Waals surface area contributed by atoms with Crippen LogP contribution in [0.5, 0.6) is 0 Å². The second-order valence-electron chi connectivity index (χ2n) is 6.00. The molecular weight excluding hydrogens is 308 g/mol. The minimum atomic E-state index is 0.505. The molecule has 5 nitrogen and oxygen atoms in total. The van der Waals surface area contributed by atoms with Crippen molar-refractivity contribution in [3.8, 4) is 0 Å². The SMILES string of the molecule is COCCNC(=S)N1CCC(c2nc3ccccc3n2C)CC1. The van der Waals surface area contributed by atoms with Gasteiger partial charge in [-0.3, -0.25) is 0 Å². The Kier molecular flexibility index (Phi) is 5.13. The summed E-state index contributed by atoms with van der Waals surface area (Å²) in [7, 11) is 3.82. The Hall–Kier alpha value is -1.66. The molecule has 0 amide bonds. The summed E-state index contributed by atoms with van der Waals surface area (Å²) in [6.45, 7) is 3.40. The number of nitrogens with one attached hydrogen (secondary N) is 1. The highest BCUT2D eigenvalue weighted by Gasteiger charge is 2.25. The standard InChI is InChI=1S/C17H24N4OS/c1-20-15-6-4-3-5-14(15)19-16(20)13-7-10-21(11-8-13)17(23)18-9-12-22-2/h3-6,13H,7-12H2,1-2H3,(H,18,23). The van der Waals surface area contributed by atoms with Crippen molar-refractivity contribution >= 4 is 28.4 Å². The number of aryl methyl sites for hydroxylation is 1. The fraction of sp³-hybridized carbons (Fsp3) is 0.529. The predicted octanol–water partition coefficient (Wildman–Crippen LogP) is 2.27. The minimum absolute atomic E-state index is 0.505. The number of methoxy groups -OCH3 is 1. The fourth-order valence-electron chi connectivity index (χ4n) is 3.24. The maximum atomic E-state index is 5.46. The van der Waals surface area contributed by atoms with Gasteiger partial charge in [-0.1, -0.05) is 12.1 Å². The molecule has 1 aliphatic rings. The molecule has 1 N–H and O–H groups in total. The first-order chi connectivity index (χ1) is 11.2. The van der Waals surface area contributed by atoms with Gasteiger partial charge in [0.1, 0.15) is 5.82 Å². The van der Waals surface area contributed by atoms with Crippen LogP contribution < -0.4 is 5.32 Å². The summed E-state index contributed by atoms with van der Waals surface area (Å²) in [4.78, 5) is 7.10. The van der Waals surface area contributed by atoms with Crippen molar-refractivity contribution in [1.29, 1.82) is 0 Å². The Labute approximate surface area is 142 Å². The van der Waals surface area contributed by atoms with Crippen molar-refractivity contribution in [3.63, 3.8) is 0 Å². The van der Waals surface area contributed by atoms with Crippen molar-refractivity contribution in [2.75, 3.05) is 33.4 Å². The largest absolute Gasteiger partial charge is 0.383 e. The minimum Gasteiger partial charge on any atom is -0.383 e. The maximum Gasteiger partial charge on any atom is 0.169 e. The lowest BCUT2D eigenvalue weighted by molar-refractivity contribution is 0.202. The van der Waals surface area contributed by atoms with Crippen LogP contribution in [0.2, 0.25) is 0 Å². The van der Waals surface area contributed by atoms with Crippen molar-refractivity contribution in [1.82, 2.24) is 19.8 Å². The molecular formula is C17H24N4OS. The van der Waals surface area contributed by atoms with Gasteiger partial charge in [0.25, 0.3) is 0 Å². The van der Waals surface area contributed by atoms with Gasteiger partial charge >= 0.3 is 0 Å². The molecule has 0 atom stereocenters. The second kappa shape index (κ2) is 7.27. The number of fused-ring (bicyclic) bond motifs is 1. The summed E-state index contributed by atoms with van der Waals surface area (Å²) in [6, 6.07) is 8.34. The van der Waals surface area contributed by atoms with Gasteiger partial charge in [-0.15, -0.1) is 0 Å². The number of ether oxygens (including phenoxy) is 1. The molecule has 0 aliphatic carbocycles. The Balaban J connectivity index is 1.62. The van der Waals surface area contributed by atoms with Crippen LogP contribution in [-0.2, 0) is 11.8 Å². The number of rotatable bonds is 4. The van der Waals surface area contributed by atoms with E-state index in [4.69, 9.17) is 21.9 Å². The Morgan fingerprint density at radius 3 is 2.78 bits per heavy atom. The van der Waals surface area contributed by atoms with Crippen LogP contribution in [-0.4, -0.2) is 52.9 Å². The fourth-order valence-corrected chi connectivity index (χ4v) is 3.53. The van der Waals surface area contributed by atoms with Gasteiger partial charge in [0, 0.05) is 39.7 Å². The van der Waals surface area contributed by atoms with Gasteiger partial charge in [-0.05, 0) is 37.2 Å². The molecule has 1 aliphatic heterocycles. The third-order valence-electron chi connectivity index (χ3n) is 4.55. The van der Waals surface area contributed by atoms with Crippen LogP contribution in [0.15, 0.2) is 24.3 Å². The van der Waals surface area contributed by atoms with E-state index in [1.807, 2.05) is 6.07 Å². The summed E-state index contributed by atoms with van der Waals surface area (Å²) in [5.41, 5.74) is 2.30. The first kappa shape index (κ1) is 16.2. The van der Waals surface area contributed by atoms with E-state index >= 15 is 0 Å². The van der Waals surface area contributed by atoms with Gasteiger partial charge in [-0.25, -0.2) is 4.98 Å². The number of nitrogens with zero attached hydrogens (tertiary/aromatic N) is 3. The maximum absolute atomic E-state index is 5.46. The van der Waals surface area contributed by atoms with Gasteiger partial charge in [0.05, 0.1) is 17.6 Å². The van der Waals surface area contributed by atoms with Crippen LogP contribution in [0.1, 0.15) is 24.6 Å². The number of imidazole rings is 1. The topological polar surface area (TPSA) is 42.3 Å². The molecule has 2 heterocycles. The number of para-hydroxylation sites is 2. The smallest absolute Gasteiger partial charge is 0.169 e. The molecule has 0 unspecified atom stereocenters. The number of thiocarbonyl (C=S) groups is 1. The van der Waals surface area contributed by atoms with Gasteiger partial charge in [0.2, 0.25) is 0 Å². The lowest BCUT2D eigenvalue weighted by Gasteiger charge is -2.33. The van der Waals surface area contributed by atoms with E-state index in [0.717, 1.165) is 43.1 Å². The van der Waals surface area contributed by atoms with Crippen LogP contribution >= 0.6 is 12.2 Å². The zero-order valence-electron chi connectivity index (χ0n) is 13.8. The molecule has 0 bridgehead atoms. The molecule has 1 saturated heterocycles. The molecule has 0 radical (unpaired) electrons. The summed E-state index contributed by atoms with van der Waals surface area (Å²) >= 11 is 5.46. The average molecular weight is 332 g/mol. The number of hydrogen-bond acceptors (Lipinski definition) is 3. The summed E-state index contributed by atoms with van der Waals surface area (Å²) < 4.78 is 7.29. The molecule has 124 valence electrons. The van der Waals surface area contributed by atoms with Crippen molar-refractivity contribution in [3.05, 3.63) is 30.1 Å². The molecule has 1 aromatic heterocycles. The second-order valence-corrected chi connectivity index (χ2v) is 6.39. The lowest BCUT2D eigenvalue weighted by atomic mass is 9.96. The molecule has 23 heavy (non-hydrogen) atoms. The quantitative estimate of drug-likeness (QED) is 0.687. The molecule has 1 fully saturated rings. The van der Waals surface area contributed by atoms with Crippen LogP contribution in [0, 0.1) is 0 Å². The van der Waals surface area contributed by atoms with Crippen molar-refractivity contribution < 1.29 is 4.74 Å².